The zero-order valence-electron chi connectivity index (χ0n) is 14.6. The zero-order valence-corrected chi connectivity index (χ0v) is 15.4. The third-order valence-electron chi connectivity index (χ3n) is 4.69. The van der Waals surface area contributed by atoms with Crippen molar-refractivity contribution in [2.24, 2.45) is 0 Å². The summed E-state index contributed by atoms with van der Waals surface area (Å²) in [5.41, 5.74) is 2.03. The van der Waals surface area contributed by atoms with Gasteiger partial charge in [-0.15, -0.1) is 11.3 Å². The lowest BCUT2D eigenvalue weighted by molar-refractivity contribution is 0.0794. The Balaban J connectivity index is 1.62. The normalized spacial score (nSPS) is 17.0. The van der Waals surface area contributed by atoms with Gasteiger partial charge in [0.15, 0.2) is 5.65 Å². The fourth-order valence-electron chi connectivity index (χ4n) is 3.35. The third kappa shape index (κ3) is 2.76. The molecule has 1 aliphatic rings. The second-order valence-corrected chi connectivity index (χ2v) is 7.52. The summed E-state index contributed by atoms with van der Waals surface area (Å²) in [6.45, 7) is 1.36. The minimum absolute atomic E-state index is 0.0803. The molecule has 0 aromatic carbocycles. The Bertz CT molecular complexity index is 963. The zero-order chi connectivity index (χ0) is 18.3. The average molecular weight is 369 g/mol. The van der Waals surface area contributed by atoms with E-state index < -0.39 is 0 Å². The predicted octanol–water partition coefficient (Wildman–Crippen LogP) is 2.12. The predicted molar refractivity (Wildman–Crippen MR) is 98.6 cm³/mol. The van der Waals surface area contributed by atoms with E-state index in [4.69, 9.17) is 0 Å². The van der Waals surface area contributed by atoms with E-state index in [1.165, 1.54) is 16.2 Å². The van der Waals surface area contributed by atoms with E-state index in [2.05, 4.69) is 10.1 Å². The van der Waals surface area contributed by atoms with Crippen LogP contribution in [0.25, 0.3) is 5.65 Å². The number of aromatic nitrogens is 3. The second kappa shape index (κ2) is 6.53. The fourth-order valence-corrected chi connectivity index (χ4v) is 4.04. The van der Waals surface area contributed by atoms with Crippen LogP contribution in [0.1, 0.15) is 38.1 Å². The first-order valence-corrected chi connectivity index (χ1v) is 9.31. The smallest absolute Gasteiger partial charge is 0.263 e. The van der Waals surface area contributed by atoms with E-state index in [-0.39, 0.29) is 17.7 Å². The molecule has 0 radical (unpaired) electrons. The second-order valence-electron chi connectivity index (χ2n) is 6.58. The van der Waals surface area contributed by atoms with Gasteiger partial charge in [0.2, 0.25) is 0 Å². The van der Waals surface area contributed by atoms with Crippen LogP contribution in [0, 0.1) is 0 Å². The first-order chi connectivity index (χ1) is 12.6. The Morgan fingerprint density at radius 2 is 2.15 bits per heavy atom. The highest BCUT2D eigenvalue weighted by atomic mass is 32.1. The first kappa shape index (κ1) is 16.7. The van der Waals surface area contributed by atoms with E-state index in [0.29, 0.717) is 17.8 Å². The Morgan fingerprint density at radius 1 is 1.31 bits per heavy atom. The number of likely N-dealkylation sites (tertiary alicyclic amines) is 1. The molecule has 0 saturated carbocycles. The summed E-state index contributed by atoms with van der Waals surface area (Å²) in [4.78, 5) is 33.4. The lowest BCUT2D eigenvalue weighted by Gasteiger charge is -2.16. The van der Waals surface area contributed by atoms with Gasteiger partial charge in [-0.3, -0.25) is 9.59 Å². The van der Waals surface area contributed by atoms with Crippen LogP contribution in [-0.2, 0) is 0 Å². The van der Waals surface area contributed by atoms with E-state index >= 15 is 0 Å². The van der Waals surface area contributed by atoms with Crippen LogP contribution in [0.5, 0.6) is 0 Å². The maximum atomic E-state index is 12.6. The van der Waals surface area contributed by atoms with Crippen LogP contribution in [0.4, 0.5) is 0 Å². The highest BCUT2D eigenvalue weighted by molar-refractivity contribution is 7.12. The third-order valence-corrected chi connectivity index (χ3v) is 5.55. The summed E-state index contributed by atoms with van der Waals surface area (Å²) in [7, 11) is 3.42. The summed E-state index contributed by atoms with van der Waals surface area (Å²) in [6, 6.07) is 5.68. The molecule has 1 fully saturated rings. The van der Waals surface area contributed by atoms with Crippen molar-refractivity contribution in [2.45, 2.75) is 12.3 Å². The molecule has 3 aromatic heterocycles. The molecular formula is C18H19N5O2S. The molecule has 4 heterocycles. The first-order valence-electron chi connectivity index (χ1n) is 8.43. The topological polar surface area (TPSA) is 70.8 Å². The van der Waals surface area contributed by atoms with Crippen LogP contribution < -0.4 is 0 Å². The quantitative estimate of drug-likeness (QED) is 0.709. The molecule has 0 N–H and O–H groups in total. The van der Waals surface area contributed by atoms with Crippen molar-refractivity contribution < 1.29 is 9.59 Å². The molecule has 3 aromatic rings. The molecule has 8 heteroatoms. The number of thiophene rings is 1. The fraction of sp³-hybridized carbons (Fsp3) is 0.333. The van der Waals surface area contributed by atoms with E-state index in [1.54, 1.807) is 31.0 Å². The Morgan fingerprint density at radius 3 is 2.88 bits per heavy atom. The lowest BCUT2D eigenvalue weighted by atomic mass is 10.0. The summed E-state index contributed by atoms with van der Waals surface area (Å²) in [5, 5.41) is 6.31. The lowest BCUT2D eigenvalue weighted by Crippen LogP contribution is -2.28. The van der Waals surface area contributed by atoms with Gasteiger partial charge in [0.25, 0.3) is 11.8 Å². The number of hydrogen-bond acceptors (Lipinski definition) is 5. The molecular weight excluding hydrogens is 350 g/mol. The highest BCUT2D eigenvalue weighted by Crippen LogP contribution is 2.29. The molecule has 2 amide bonds. The maximum Gasteiger partial charge on any atom is 0.263 e. The van der Waals surface area contributed by atoms with Crippen LogP contribution >= 0.6 is 11.3 Å². The van der Waals surface area contributed by atoms with Gasteiger partial charge in [-0.25, -0.2) is 9.50 Å². The number of carbonyl (C=O) groups excluding carboxylic acids is 2. The van der Waals surface area contributed by atoms with Crippen molar-refractivity contribution in [2.75, 3.05) is 27.2 Å². The standard InChI is InChI=1S/C18H19N5O2S/c1-21(2)17(24)13-10-20-23-14(5-7-19-16(13)23)12-6-8-22(11-12)18(25)15-4-3-9-26-15/h3-5,7,9-10,12H,6,8,11H2,1-2H3/t12-/m1/s1. The van der Waals surface area contributed by atoms with Crippen molar-refractivity contribution in [3.63, 3.8) is 0 Å². The number of amides is 2. The monoisotopic (exact) mass is 369 g/mol. The number of rotatable bonds is 3. The summed E-state index contributed by atoms with van der Waals surface area (Å²) in [5.74, 6) is 0.133. The van der Waals surface area contributed by atoms with Crippen molar-refractivity contribution in [3.8, 4) is 0 Å². The van der Waals surface area contributed by atoms with E-state index in [0.717, 1.165) is 23.5 Å². The Hall–Kier alpha value is -2.74. The van der Waals surface area contributed by atoms with Crippen LogP contribution in [0.2, 0.25) is 0 Å². The summed E-state index contributed by atoms with van der Waals surface area (Å²) >= 11 is 1.47. The molecule has 134 valence electrons. The summed E-state index contributed by atoms with van der Waals surface area (Å²) < 4.78 is 1.74. The molecule has 0 bridgehead atoms. The molecule has 0 aliphatic carbocycles. The van der Waals surface area contributed by atoms with Gasteiger partial charge in [0, 0.05) is 39.3 Å². The minimum atomic E-state index is -0.120. The Labute approximate surface area is 154 Å². The van der Waals surface area contributed by atoms with Crippen LogP contribution in [0.15, 0.2) is 36.0 Å². The molecule has 7 nitrogen and oxygen atoms in total. The minimum Gasteiger partial charge on any atom is -0.345 e. The van der Waals surface area contributed by atoms with Gasteiger partial charge >= 0.3 is 0 Å². The number of fused-ring (bicyclic) bond motifs is 1. The van der Waals surface area contributed by atoms with Gasteiger partial charge in [-0.05, 0) is 23.9 Å². The van der Waals surface area contributed by atoms with Crippen molar-refractivity contribution in [1.82, 2.24) is 24.4 Å². The largest absolute Gasteiger partial charge is 0.345 e. The molecule has 0 unspecified atom stereocenters. The van der Waals surface area contributed by atoms with Crippen molar-refractivity contribution >= 4 is 28.8 Å². The Kier molecular flexibility index (Phi) is 4.20. The molecule has 0 spiro atoms. The molecule has 1 aliphatic heterocycles. The number of hydrogen-bond donors (Lipinski definition) is 0. The van der Waals surface area contributed by atoms with Gasteiger partial charge in [-0.1, -0.05) is 6.07 Å². The van der Waals surface area contributed by atoms with E-state index in [9.17, 15) is 9.59 Å². The van der Waals surface area contributed by atoms with E-state index in [1.807, 2.05) is 28.5 Å². The van der Waals surface area contributed by atoms with Crippen LogP contribution in [-0.4, -0.2) is 63.4 Å². The molecule has 4 rings (SSSR count). The average Bonchev–Trinajstić information content (AvgIpc) is 3.40. The van der Waals surface area contributed by atoms with Crippen molar-refractivity contribution in [3.05, 3.63) is 52.1 Å². The van der Waals surface area contributed by atoms with Gasteiger partial charge in [-0.2, -0.15) is 5.10 Å². The maximum absolute atomic E-state index is 12.6. The van der Waals surface area contributed by atoms with Gasteiger partial charge < -0.3 is 9.80 Å². The highest BCUT2D eigenvalue weighted by Gasteiger charge is 2.30. The molecule has 26 heavy (non-hydrogen) atoms. The van der Waals surface area contributed by atoms with Crippen molar-refractivity contribution in [1.29, 1.82) is 0 Å². The molecule has 1 atom stereocenters. The van der Waals surface area contributed by atoms with Crippen LogP contribution in [0.3, 0.4) is 0 Å². The SMILES string of the molecule is CN(C)C(=O)c1cnn2c([C@@H]3CCN(C(=O)c4cccs4)C3)ccnc12. The molecule has 1 saturated heterocycles. The summed E-state index contributed by atoms with van der Waals surface area (Å²) in [6.07, 6.45) is 4.15. The number of carbonyl (C=O) groups is 2. The van der Waals surface area contributed by atoms with Gasteiger partial charge in [0.1, 0.15) is 5.56 Å². The number of nitrogens with zero attached hydrogens (tertiary/aromatic N) is 5. The van der Waals surface area contributed by atoms with Gasteiger partial charge in [0.05, 0.1) is 16.8 Å².